The van der Waals surface area contributed by atoms with Gasteiger partial charge < -0.3 is 14.8 Å². The molecule has 3 atom stereocenters. The molecule has 166 valence electrons. The van der Waals surface area contributed by atoms with Gasteiger partial charge in [0, 0.05) is 34.4 Å². The van der Waals surface area contributed by atoms with Crippen molar-refractivity contribution in [2.75, 3.05) is 11.9 Å². The van der Waals surface area contributed by atoms with Crippen LogP contribution >= 0.6 is 11.6 Å². The summed E-state index contributed by atoms with van der Waals surface area (Å²) in [5, 5.41) is 4.51. The van der Waals surface area contributed by atoms with E-state index in [0.717, 1.165) is 34.9 Å². The average molecular weight is 448 g/mol. The molecule has 3 aromatic rings. The molecule has 5 rings (SSSR count). The SMILES string of the molecule is CCCOC1C(C)c2c(ccc3c2C(c2ccc(Cl)cc2)Oc2ccccc2-3)NC1(C)C. The van der Waals surface area contributed by atoms with Crippen LogP contribution in [-0.2, 0) is 4.74 Å². The van der Waals surface area contributed by atoms with Gasteiger partial charge in [0.25, 0.3) is 0 Å². The van der Waals surface area contributed by atoms with E-state index in [9.17, 15) is 0 Å². The highest BCUT2D eigenvalue weighted by Gasteiger charge is 2.44. The van der Waals surface area contributed by atoms with Crippen LogP contribution in [0.2, 0.25) is 5.02 Å². The predicted octanol–water partition coefficient (Wildman–Crippen LogP) is 7.59. The normalized spacial score (nSPS) is 22.7. The highest BCUT2D eigenvalue weighted by Crippen LogP contribution is 2.52. The lowest BCUT2D eigenvalue weighted by Gasteiger charge is -2.47. The first-order valence-corrected chi connectivity index (χ1v) is 11.9. The lowest BCUT2D eigenvalue weighted by atomic mass is 9.73. The lowest BCUT2D eigenvalue weighted by Crippen LogP contribution is -2.51. The van der Waals surface area contributed by atoms with Crippen LogP contribution in [-0.4, -0.2) is 18.2 Å². The summed E-state index contributed by atoms with van der Waals surface area (Å²) >= 11 is 6.20. The van der Waals surface area contributed by atoms with Crippen LogP contribution in [0, 0.1) is 0 Å². The van der Waals surface area contributed by atoms with E-state index in [1.165, 1.54) is 22.4 Å². The van der Waals surface area contributed by atoms with Crippen molar-refractivity contribution in [3.63, 3.8) is 0 Å². The van der Waals surface area contributed by atoms with Crippen LogP contribution in [0.25, 0.3) is 11.1 Å². The number of anilines is 1. The highest BCUT2D eigenvalue weighted by atomic mass is 35.5. The van der Waals surface area contributed by atoms with E-state index in [4.69, 9.17) is 21.1 Å². The summed E-state index contributed by atoms with van der Waals surface area (Å²) in [6, 6.07) is 20.8. The fourth-order valence-corrected chi connectivity index (χ4v) is 5.52. The van der Waals surface area contributed by atoms with Gasteiger partial charge in [-0.2, -0.15) is 0 Å². The van der Waals surface area contributed by atoms with E-state index in [1.54, 1.807) is 0 Å². The average Bonchev–Trinajstić information content (AvgIpc) is 2.78. The second-order valence-corrected chi connectivity index (χ2v) is 9.90. The minimum atomic E-state index is -0.204. The molecular formula is C28H30ClNO2. The minimum absolute atomic E-state index is 0.0597. The molecule has 0 saturated heterocycles. The van der Waals surface area contributed by atoms with E-state index in [2.05, 4.69) is 75.5 Å². The van der Waals surface area contributed by atoms with E-state index in [1.807, 2.05) is 18.2 Å². The van der Waals surface area contributed by atoms with Crippen LogP contribution in [0.3, 0.4) is 0 Å². The third-order valence-electron chi connectivity index (χ3n) is 6.72. The number of ether oxygens (including phenoxy) is 2. The summed E-state index contributed by atoms with van der Waals surface area (Å²) in [6.45, 7) is 9.67. The Balaban J connectivity index is 1.73. The van der Waals surface area contributed by atoms with E-state index in [-0.39, 0.29) is 23.7 Å². The summed E-state index contributed by atoms with van der Waals surface area (Å²) in [7, 11) is 0. The van der Waals surface area contributed by atoms with Crippen molar-refractivity contribution in [2.24, 2.45) is 0 Å². The summed E-state index contributed by atoms with van der Waals surface area (Å²) < 4.78 is 13.1. The molecule has 0 fully saturated rings. The Hall–Kier alpha value is -2.49. The fraction of sp³-hybridized carbons (Fsp3) is 0.357. The van der Waals surface area contributed by atoms with Crippen LogP contribution in [0.1, 0.15) is 62.8 Å². The number of halogens is 1. The molecule has 32 heavy (non-hydrogen) atoms. The molecule has 0 radical (unpaired) electrons. The number of rotatable bonds is 4. The first-order valence-electron chi connectivity index (χ1n) is 11.5. The molecule has 0 amide bonds. The van der Waals surface area contributed by atoms with Crippen molar-refractivity contribution in [2.45, 2.75) is 57.8 Å². The maximum Gasteiger partial charge on any atom is 0.150 e. The Morgan fingerprint density at radius 2 is 1.72 bits per heavy atom. The van der Waals surface area contributed by atoms with Gasteiger partial charge in [-0.25, -0.2) is 0 Å². The van der Waals surface area contributed by atoms with Crippen molar-refractivity contribution in [3.05, 3.63) is 82.4 Å². The minimum Gasteiger partial charge on any atom is -0.480 e. The molecule has 3 nitrogen and oxygen atoms in total. The third-order valence-corrected chi connectivity index (χ3v) is 6.98. The fourth-order valence-electron chi connectivity index (χ4n) is 5.40. The van der Waals surface area contributed by atoms with Crippen LogP contribution < -0.4 is 10.1 Å². The van der Waals surface area contributed by atoms with Gasteiger partial charge in [-0.15, -0.1) is 0 Å². The van der Waals surface area contributed by atoms with Crippen molar-refractivity contribution in [1.82, 2.24) is 0 Å². The zero-order valence-electron chi connectivity index (χ0n) is 19.1. The molecule has 2 aliphatic heterocycles. The molecule has 0 saturated carbocycles. The van der Waals surface area contributed by atoms with Gasteiger partial charge in [-0.05, 0) is 61.2 Å². The first-order chi connectivity index (χ1) is 15.4. The van der Waals surface area contributed by atoms with Crippen molar-refractivity contribution >= 4 is 17.3 Å². The quantitative estimate of drug-likeness (QED) is 0.446. The van der Waals surface area contributed by atoms with Crippen molar-refractivity contribution in [1.29, 1.82) is 0 Å². The van der Waals surface area contributed by atoms with Gasteiger partial charge in [0.05, 0.1) is 11.6 Å². The van der Waals surface area contributed by atoms with Gasteiger partial charge in [-0.1, -0.05) is 61.8 Å². The van der Waals surface area contributed by atoms with Gasteiger partial charge in [0.1, 0.15) is 11.9 Å². The number of nitrogens with one attached hydrogen (secondary N) is 1. The highest BCUT2D eigenvalue weighted by molar-refractivity contribution is 6.30. The zero-order valence-corrected chi connectivity index (χ0v) is 19.9. The van der Waals surface area contributed by atoms with E-state index >= 15 is 0 Å². The molecule has 3 unspecified atom stereocenters. The maximum atomic E-state index is 6.66. The summed E-state index contributed by atoms with van der Waals surface area (Å²) in [5.74, 6) is 1.13. The summed E-state index contributed by atoms with van der Waals surface area (Å²) in [5.41, 5.74) is 6.98. The van der Waals surface area contributed by atoms with Crippen LogP contribution in [0.15, 0.2) is 60.7 Å². The smallest absolute Gasteiger partial charge is 0.150 e. The Kier molecular flexibility index (Phi) is 5.43. The number of para-hydroxylation sites is 1. The van der Waals surface area contributed by atoms with Gasteiger partial charge in [0.2, 0.25) is 0 Å². The molecule has 2 heterocycles. The van der Waals surface area contributed by atoms with Gasteiger partial charge in [0.15, 0.2) is 0 Å². The molecule has 3 aromatic carbocycles. The monoisotopic (exact) mass is 447 g/mol. The van der Waals surface area contributed by atoms with E-state index in [0.29, 0.717) is 0 Å². The van der Waals surface area contributed by atoms with Crippen molar-refractivity contribution < 1.29 is 9.47 Å². The van der Waals surface area contributed by atoms with Gasteiger partial charge >= 0.3 is 0 Å². The molecule has 0 aromatic heterocycles. The second-order valence-electron chi connectivity index (χ2n) is 9.46. The molecule has 2 aliphatic rings. The zero-order chi connectivity index (χ0) is 22.5. The predicted molar refractivity (Wildman–Crippen MR) is 132 cm³/mol. The number of hydrogen-bond donors (Lipinski definition) is 1. The second kappa shape index (κ2) is 8.13. The Morgan fingerprint density at radius 3 is 2.47 bits per heavy atom. The Labute approximate surface area is 195 Å². The van der Waals surface area contributed by atoms with Crippen LogP contribution in [0.5, 0.6) is 5.75 Å². The Bertz CT molecular complexity index is 1140. The third kappa shape index (κ3) is 3.48. The molecule has 1 N–H and O–H groups in total. The maximum absolute atomic E-state index is 6.66. The van der Waals surface area contributed by atoms with Gasteiger partial charge in [-0.3, -0.25) is 0 Å². The lowest BCUT2D eigenvalue weighted by molar-refractivity contribution is -0.00175. The number of fused-ring (bicyclic) bond motifs is 5. The summed E-state index contributed by atoms with van der Waals surface area (Å²) in [6.07, 6.45) is 0.858. The van der Waals surface area contributed by atoms with E-state index < -0.39 is 0 Å². The standard InChI is InChI=1S/C28H30ClNO2/c1-5-16-31-27-17(2)24-22(30-28(27,3)4)15-14-21-20-8-6-7-9-23(20)32-26(25(21)24)18-10-12-19(29)13-11-18/h6-15,17,26-27,30H,5,16H2,1-4H3. The molecule has 0 aliphatic carbocycles. The first kappa shape index (κ1) is 21.4. The molecule has 4 heteroatoms. The number of benzene rings is 3. The largest absolute Gasteiger partial charge is 0.480 e. The summed E-state index contributed by atoms with van der Waals surface area (Å²) in [4.78, 5) is 0. The number of hydrogen-bond acceptors (Lipinski definition) is 3. The molecular weight excluding hydrogens is 418 g/mol. The topological polar surface area (TPSA) is 30.5 Å². The Morgan fingerprint density at radius 1 is 0.969 bits per heavy atom. The molecule has 0 bridgehead atoms. The molecule has 0 spiro atoms. The van der Waals surface area contributed by atoms with Crippen molar-refractivity contribution in [3.8, 4) is 16.9 Å². The van der Waals surface area contributed by atoms with Crippen LogP contribution in [0.4, 0.5) is 5.69 Å².